The molecule has 5 amide bonds. The highest BCUT2D eigenvalue weighted by molar-refractivity contribution is 7.92. The van der Waals surface area contributed by atoms with Gasteiger partial charge < -0.3 is 26.2 Å². The number of sulfone groups is 1. The first-order chi connectivity index (χ1) is 21.3. The molecule has 3 atom stereocenters. The van der Waals surface area contributed by atoms with Crippen LogP contribution >= 0.6 is 0 Å². The lowest BCUT2D eigenvalue weighted by atomic mass is 9.83. The molecule has 0 aromatic rings. The number of hydrogen-bond donors (Lipinski definition) is 4. The Balaban J connectivity index is 2.26. The molecule has 4 N–H and O–H groups in total. The van der Waals surface area contributed by atoms with Crippen LogP contribution in [0.15, 0.2) is 0 Å². The number of nitrogens with zero attached hydrogens (tertiary/aromatic N) is 1. The van der Waals surface area contributed by atoms with E-state index in [4.69, 9.17) is 12.8 Å². The summed E-state index contributed by atoms with van der Waals surface area (Å²) in [5.41, 5.74) is -1.75. The number of ketones is 1. The van der Waals surface area contributed by atoms with Crippen molar-refractivity contribution in [3.8, 4) is 24.7 Å². The van der Waals surface area contributed by atoms with Crippen LogP contribution in [0.2, 0.25) is 0 Å². The average molecular weight is 662 g/mol. The molecule has 1 saturated heterocycles. The molecule has 2 rings (SSSR count). The van der Waals surface area contributed by atoms with Crippen LogP contribution in [-0.2, 0) is 29.0 Å². The van der Waals surface area contributed by atoms with Gasteiger partial charge in [-0.15, -0.1) is 18.8 Å². The van der Waals surface area contributed by atoms with E-state index in [-0.39, 0.29) is 31.7 Å². The number of hydrogen-bond acceptors (Lipinski definition) is 7. The third-order valence-corrected chi connectivity index (χ3v) is 11.4. The fraction of sp³-hybridized carbons (Fsp3) is 0.727. The van der Waals surface area contributed by atoms with Crippen LogP contribution in [-0.4, -0.2) is 90.1 Å². The third-order valence-electron chi connectivity index (χ3n) is 8.60. The molecule has 256 valence electrons. The fourth-order valence-electron chi connectivity index (χ4n) is 5.78. The molecule has 13 heteroatoms. The predicted molar refractivity (Wildman–Crippen MR) is 176 cm³/mol. The second-order valence-corrected chi connectivity index (χ2v) is 17.1. The zero-order chi connectivity index (χ0) is 34.9. The van der Waals surface area contributed by atoms with Gasteiger partial charge in [0, 0.05) is 13.0 Å². The first-order valence-corrected chi connectivity index (χ1v) is 17.5. The van der Waals surface area contributed by atoms with Gasteiger partial charge in [0.2, 0.25) is 17.6 Å². The Morgan fingerprint density at radius 3 is 2.11 bits per heavy atom. The lowest BCUT2D eigenvalue weighted by Crippen LogP contribution is -2.63. The van der Waals surface area contributed by atoms with E-state index >= 15 is 0 Å². The number of rotatable bonds is 12. The minimum absolute atomic E-state index is 0.0181. The number of Topliss-reactive ketones (excluding diaryl/α,β-unsaturated/α-hetero) is 1. The highest BCUT2D eigenvalue weighted by atomic mass is 32.2. The summed E-state index contributed by atoms with van der Waals surface area (Å²) >= 11 is 0. The van der Waals surface area contributed by atoms with Gasteiger partial charge >= 0.3 is 6.03 Å². The first-order valence-electron chi connectivity index (χ1n) is 15.9. The number of urea groups is 1. The highest BCUT2D eigenvalue weighted by Gasteiger charge is 2.45. The SMILES string of the molecule is C#CCCC(NC(=O)C1CCCN1C(=O)[C@@H](NC(=O)NC1(CS(=O)(=O)C(C)(C)C)CCCCC1)C(C)(C)C)C(=O)C(=O)NCC#C. The lowest BCUT2D eigenvalue weighted by Gasteiger charge is -2.41. The van der Waals surface area contributed by atoms with Gasteiger partial charge in [0.15, 0.2) is 9.84 Å². The molecule has 0 radical (unpaired) electrons. The van der Waals surface area contributed by atoms with Crippen molar-refractivity contribution in [3.05, 3.63) is 0 Å². The summed E-state index contributed by atoms with van der Waals surface area (Å²) in [6.07, 6.45) is 14.9. The van der Waals surface area contributed by atoms with E-state index in [0.29, 0.717) is 25.7 Å². The zero-order valence-corrected chi connectivity index (χ0v) is 28.9. The maximum absolute atomic E-state index is 14.0. The molecule has 1 aliphatic carbocycles. The Hall–Kier alpha value is -3.58. The summed E-state index contributed by atoms with van der Waals surface area (Å²) in [6, 6.07) is -3.87. The van der Waals surface area contributed by atoms with Crippen molar-refractivity contribution in [3.63, 3.8) is 0 Å². The Labute approximate surface area is 274 Å². The van der Waals surface area contributed by atoms with Crippen LogP contribution in [0.3, 0.4) is 0 Å². The maximum atomic E-state index is 14.0. The van der Waals surface area contributed by atoms with Gasteiger partial charge in [-0.1, -0.05) is 46.0 Å². The average Bonchev–Trinajstić information content (AvgIpc) is 3.45. The standard InChI is InChI=1S/C33H51N5O7S/c1-9-11-16-23(25(39)28(41)34-20-10-2)35-27(40)24-17-15-21-38(24)29(42)26(31(3,4)5)36-30(43)37-33(18-13-12-14-19-33)22-46(44,45)32(6,7)8/h1-2,23-24,26H,11-22H2,3-8H3,(H,34,41)(H,35,40)(H2,36,37,43)/t23?,24?,26-/m1/s1. The van der Waals surface area contributed by atoms with Gasteiger partial charge in [0.05, 0.1) is 28.6 Å². The molecule has 0 spiro atoms. The Morgan fingerprint density at radius 1 is 0.935 bits per heavy atom. The van der Waals surface area contributed by atoms with E-state index in [9.17, 15) is 32.4 Å². The van der Waals surface area contributed by atoms with Crippen LogP contribution in [0.25, 0.3) is 0 Å². The predicted octanol–water partition coefficient (Wildman–Crippen LogP) is 1.82. The second-order valence-electron chi connectivity index (χ2n) is 14.4. The Bertz CT molecular complexity index is 1340. The van der Waals surface area contributed by atoms with Gasteiger partial charge in [-0.05, 0) is 58.3 Å². The van der Waals surface area contributed by atoms with Crippen molar-refractivity contribution in [2.24, 2.45) is 5.41 Å². The van der Waals surface area contributed by atoms with Gasteiger partial charge in [0.1, 0.15) is 12.1 Å². The summed E-state index contributed by atoms with van der Waals surface area (Å²) in [5, 5.41) is 10.6. The summed E-state index contributed by atoms with van der Waals surface area (Å²) in [6.45, 7) is 10.3. The molecule has 0 bridgehead atoms. The van der Waals surface area contributed by atoms with Gasteiger partial charge in [0.25, 0.3) is 5.91 Å². The summed E-state index contributed by atoms with van der Waals surface area (Å²) < 4.78 is 25.4. The molecule has 2 fully saturated rings. The largest absolute Gasteiger partial charge is 0.344 e. The molecular formula is C33H51N5O7S. The van der Waals surface area contributed by atoms with Crippen molar-refractivity contribution in [1.82, 2.24) is 26.2 Å². The van der Waals surface area contributed by atoms with Crippen LogP contribution in [0.1, 0.15) is 99.3 Å². The Kier molecular flexibility index (Phi) is 13.3. The molecular weight excluding hydrogens is 610 g/mol. The van der Waals surface area contributed by atoms with Crippen molar-refractivity contribution >= 4 is 39.4 Å². The van der Waals surface area contributed by atoms with Gasteiger partial charge in [-0.25, -0.2) is 13.2 Å². The number of carbonyl (C=O) groups is 5. The summed E-state index contributed by atoms with van der Waals surface area (Å²) in [5.74, 6) is 1.44. The maximum Gasteiger partial charge on any atom is 0.315 e. The molecule has 0 aromatic heterocycles. The highest BCUT2D eigenvalue weighted by Crippen LogP contribution is 2.33. The molecule has 12 nitrogen and oxygen atoms in total. The summed E-state index contributed by atoms with van der Waals surface area (Å²) in [7, 11) is -3.57. The number of terminal acetylenes is 2. The van der Waals surface area contributed by atoms with E-state index in [1.54, 1.807) is 41.5 Å². The number of nitrogens with one attached hydrogen (secondary N) is 4. The van der Waals surface area contributed by atoms with E-state index in [2.05, 4.69) is 33.1 Å². The van der Waals surface area contributed by atoms with Crippen molar-refractivity contribution in [2.75, 3.05) is 18.8 Å². The minimum atomic E-state index is -3.57. The molecule has 1 saturated carbocycles. The molecule has 0 aromatic carbocycles. The molecule has 46 heavy (non-hydrogen) atoms. The first kappa shape index (κ1) is 38.6. The second kappa shape index (κ2) is 15.8. The Morgan fingerprint density at radius 2 is 1.57 bits per heavy atom. The normalized spacial score (nSPS) is 19.5. The van der Waals surface area contributed by atoms with Crippen LogP contribution in [0, 0.1) is 30.1 Å². The summed E-state index contributed by atoms with van der Waals surface area (Å²) in [4.78, 5) is 67.4. The molecule has 1 aliphatic heterocycles. The number of likely N-dealkylation sites (tertiary alicyclic amines) is 1. The zero-order valence-electron chi connectivity index (χ0n) is 28.1. The van der Waals surface area contributed by atoms with E-state index < -0.39 is 73.2 Å². The van der Waals surface area contributed by atoms with Crippen molar-refractivity contribution in [1.29, 1.82) is 0 Å². The lowest BCUT2D eigenvalue weighted by molar-refractivity contribution is -0.143. The van der Waals surface area contributed by atoms with Crippen LogP contribution in [0.4, 0.5) is 4.79 Å². The number of carbonyl (C=O) groups excluding carboxylic acids is 5. The third kappa shape index (κ3) is 10.2. The van der Waals surface area contributed by atoms with Crippen LogP contribution in [0.5, 0.6) is 0 Å². The van der Waals surface area contributed by atoms with Gasteiger partial charge in [-0.3, -0.25) is 19.2 Å². The van der Waals surface area contributed by atoms with Gasteiger partial charge in [-0.2, -0.15) is 0 Å². The van der Waals surface area contributed by atoms with E-state index in [1.165, 1.54) is 4.90 Å². The molecule has 2 aliphatic rings. The quantitative estimate of drug-likeness (QED) is 0.183. The van der Waals surface area contributed by atoms with Crippen molar-refractivity contribution < 1.29 is 32.4 Å². The van der Waals surface area contributed by atoms with E-state index in [0.717, 1.165) is 19.3 Å². The minimum Gasteiger partial charge on any atom is -0.344 e. The fourth-order valence-corrected chi connectivity index (χ4v) is 7.30. The monoisotopic (exact) mass is 661 g/mol. The number of amides is 5. The van der Waals surface area contributed by atoms with Crippen LogP contribution < -0.4 is 21.3 Å². The molecule has 2 unspecified atom stereocenters. The van der Waals surface area contributed by atoms with Crippen molar-refractivity contribution in [2.45, 2.75) is 128 Å². The van der Waals surface area contributed by atoms with E-state index in [1.807, 2.05) is 0 Å². The smallest absolute Gasteiger partial charge is 0.315 e. The molecule has 1 heterocycles. The topological polar surface area (TPSA) is 171 Å².